The highest BCUT2D eigenvalue weighted by molar-refractivity contribution is 6.30. The van der Waals surface area contributed by atoms with E-state index in [9.17, 15) is 18.8 Å². The molecular weight excluding hydrogens is 387 g/mol. The van der Waals surface area contributed by atoms with Gasteiger partial charge in [-0.15, -0.1) is 0 Å². The van der Waals surface area contributed by atoms with Crippen LogP contribution in [0, 0.1) is 11.2 Å². The summed E-state index contributed by atoms with van der Waals surface area (Å²) in [5.41, 5.74) is 0.702. The van der Waals surface area contributed by atoms with Gasteiger partial charge in [0.05, 0.1) is 11.7 Å². The lowest BCUT2D eigenvalue weighted by Gasteiger charge is -2.55. The Morgan fingerprint density at radius 3 is 2.53 bits per heavy atom. The van der Waals surface area contributed by atoms with Crippen LogP contribution in [-0.4, -0.2) is 55.5 Å². The fourth-order valence-electron chi connectivity index (χ4n) is 4.92. The Bertz CT molecular complexity index is 1060. The topological polar surface area (TPSA) is 73.0 Å². The number of nitrogens with zero attached hydrogens (tertiary/aromatic N) is 3. The van der Waals surface area contributed by atoms with Gasteiger partial charge in [0.2, 0.25) is 5.91 Å². The molecule has 2 aromatic carbocycles. The number of hydrogen-bond acceptors (Lipinski definition) is 5. The largest absolute Gasteiger partial charge is 0.364 e. The van der Waals surface area contributed by atoms with Crippen molar-refractivity contribution < 1.29 is 18.8 Å². The summed E-state index contributed by atoms with van der Waals surface area (Å²) in [6.45, 7) is 1.99. The second kappa shape index (κ2) is 6.63. The minimum Gasteiger partial charge on any atom is -0.364 e. The first-order chi connectivity index (χ1) is 14.4. The molecule has 0 aromatic heterocycles. The molecule has 30 heavy (non-hydrogen) atoms. The Hall–Kier alpha value is -3.26. The molecule has 0 saturated carbocycles. The summed E-state index contributed by atoms with van der Waals surface area (Å²) < 4.78 is 13.4. The van der Waals surface area contributed by atoms with Crippen LogP contribution in [0.25, 0.3) is 0 Å². The molecule has 3 aliphatic heterocycles. The van der Waals surface area contributed by atoms with Crippen LogP contribution in [0.15, 0.2) is 48.5 Å². The van der Waals surface area contributed by atoms with Crippen molar-refractivity contribution in [3.8, 4) is 0 Å². The average molecular weight is 408 g/mol. The molecule has 3 heterocycles. The van der Waals surface area contributed by atoms with Gasteiger partial charge in [-0.2, -0.15) is 0 Å². The summed E-state index contributed by atoms with van der Waals surface area (Å²) in [6, 6.07) is 11.7. The normalized spacial score (nSPS) is 26.5. The van der Waals surface area contributed by atoms with Crippen LogP contribution < -0.4 is 15.1 Å². The van der Waals surface area contributed by atoms with Gasteiger partial charge in [-0.05, 0) is 49.4 Å². The summed E-state index contributed by atoms with van der Waals surface area (Å²) in [5.74, 6) is -1.61. The van der Waals surface area contributed by atoms with Crippen LogP contribution in [-0.2, 0) is 16.0 Å². The maximum absolute atomic E-state index is 13.9. The van der Waals surface area contributed by atoms with Gasteiger partial charge in [0.1, 0.15) is 5.82 Å². The lowest BCUT2D eigenvalue weighted by molar-refractivity contribution is -0.145. The zero-order valence-electron chi connectivity index (χ0n) is 16.5. The van der Waals surface area contributed by atoms with Crippen molar-refractivity contribution in [3.05, 3.63) is 59.9 Å². The van der Waals surface area contributed by atoms with E-state index in [0.717, 1.165) is 22.7 Å². The standard InChI is InChI=1S/C22H21FN4O3/c1-25-10-11-26-17-5-3-2-4-14(17)12-22(18(26)13-25)19(28)24-21(30)27(20(22)29)16-8-6-15(23)7-9-16/h2-9,18H,10-13H2,1H3,(H,24,28,30)/t18-,22-/m1/s1. The number of piperazine rings is 1. The van der Waals surface area contributed by atoms with Crippen LogP contribution in [0.3, 0.4) is 0 Å². The smallest absolute Gasteiger partial charge is 0.335 e. The Morgan fingerprint density at radius 1 is 1.03 bits per heavy atom. The lowest BCUT2D eigenvalue weighted by atomic mass is 9.67. The van der Waals surface area contributed by atoms with E-state index in [1.165, 1.54) is 24.3 Å². The van der Waals surface area contributed by atoms with Gasteiger partial charge < -0.3 is 9.80 Å². The number of benzene rings is 2. The van der Waals surface area contributed by atoms with E-state index in [0.29, 0.717) is 13.1 Å². The summed E-state index contributed by atoms with van der Waals surface area (Å²) >= 11 is 0. The SMILES string of the molecule is CN1CCN2c3ccccc3C[C@]3(C(=O)NC(=O)N(c4ccc(F)cc4)C3=O)[C@H]2C1. The Kier molecular flexibility index (Phi) is 4.14. The zero-order chi connectivity index (χ0) is 21.0. The van der Waals surface area contributed by atoms with E-state index in [1.54, 1.807) is 0 Å². The third-order valence-corrected chi connectivity index (χ3v) is 6.42. The molecule has 2 aromatic rings. The first-order valence-corrected chi connectivity index (χ1v) is 9.90. The minimum absolute atomic E-state index is 0.202. The second-order valence-electron chi connectivity index (χ2n) is 8.12. The van der Waals surface area contributed by atoms with Crippen molar-refractivity contribution in [2.24, 2.45) is 5.41 Å². The Labute approximate surface area is 173 Å². The molecule has 1 N–H and O–H groups in total. The molecule has 0 unspecified atom stereocenters. The predicted octanol–water partition coefficient (Wildman–Crippen LogP) is 1.77. The summed E-state index contributed by atoms with van der Waals surface area (Å²) in [4.78, 5) is 45.0. The van der Waals surface area contributed by atoms with Gasteiger partial charge in [0.25, 0.3) is 5.91 Å². The molecule has 8 heteroatoms. The first kappa shape index (κ1) is 18.7. The number of amides is 4. The fraction of sp³-hybridized carbons (Fsp3) is 0.318. The zero-order valence-corrected chi connectivity index (χ0v) is 16.5. The third-order valence-electron chi connectivity index (χ3n) is 6.42. The molecule has 2 atom stereocenters. The van der Waals surface area contributed by atoms with E-state index < -0.39 is 35.1 Å². The predicted molar refractivity (Wildman–Crippen MR) is 109 cm³/mol. The monoisotopic (exact) mass is 408 g/mol. The Balaban J connectivity index is 1.66. The molecule has 5 rings (SSSR count). The lowest BCUT2D eigenvalue weighted by Crippen LogP contribution is -2.75. The van der Waals surface area contributed by atoms with Gasteiger partial charge in [-0.3, -0.25) is 14.9 Å². The van der Waals surface area contributed by atoms with Crippen LogP contribution in [0.2, 0.25) is 0 Å². The van der Waals surface area contributed by atoms with Crippen molar-refractivity contribution in [1.29, 1.82) is 0 Å². The second-order valence-corrected chi connectivity index (χ2v) is 8.12. The summed E-state index contributed by atoms with van der Waals surface area (Å²) in [7, 11) is 1.96. The number of imide groups is 2. The number of carbonyl (C=O) groups is 3. The van der Waals surface area contributed by atoms with Gasteiger partial charge >= 0.3 is 6.03 Å². The van der Waals surface area contributed by atoms with Crippen molar-refractivity contribution in [2.45, 2.75) is 12.5 Å². The summed E-state index contributed by atoms with van der Waals surface area (Å²) in [5, 5.41) is 2.40. The van der Waals surface area contributed by atoms with Gasteiger partial charge in [0.15, 0.2) is 5.41 Å². The number of halogens is 1. The number of urea groups is 1. The molecule has 7 nitrogen and oxygen atoms in total. The van der Waals surface area contributed by atoms with E-state index in [-0.39, 0.29) is 12.1 Å². The molecule has 0 bridgehead atoms. The number of nitrogens with one attached hydrogen (secondary N) is 1. The highest BCUT2D eigenvalue weighted by atomic mass is 19.1. The van der Waals surface area contributed by atoms with E-state index in [1.807, 2.05) is 31.3 Å². The molecule has 3 aliphatic rings. The van der Waals surface area contributed by atoms with E-state index >= 15 is 0 Å². The maximum Gasteiger partial charge on any atom is 0.335 e. The maximum atomic E-state index is 13.9. The molecule has 1 spiro atoms. The molecular formula is C22H21FN4O3. The van der Waals surface area contributed by atoms with Crippen molar-refractivity contribution >= 4 is 29.2 Å². The van der Waals surface area contributed by atoms with Crippen LogP contribution in [0.4, 0.5) is 20.6 Å². The van der Waals surface area contributed by atoms with Gasteiger partial charge in [-0.25, -0.2) is 14.1 Å². The number of barbiturate groups is 1. The number of para-hydroxylation sites is 1. The third kappa shape index (κ3) is 2.56. The highest BCUT2D eigenvalue weighted by Gasteiger charge is 2.62. The quantitative estimate of drug-likeness (QED) is 0.729. The molecule has 154 valence electrons. The number of carbonyl (C=O) groups excluding carboxylic acids is 3. The van der Waals surface area contributed by atoms with Crippen molar-refractivity contribution in [1.82, 2.24) is 10.2 Å². The average Bonchev–Trinajstić information content (AvgIpc) is 2.73. The number of hydrogen-bond donors (Lipinski definition) is 1. The molecule has 0 radical (unpaired) electrons. The molecule has 2 fully saturated rings. The number of likely N-dealkylation sites (N-methyl/N-ethyl adjacent to an activating group) is 1. The molecule has 0 aliphatic carbocycles. The molecule has 2 saturated heterocycles. The number of rotatable bonds is 1. The van der Waals surface area contributed by atoms with Crippen LogP contribution >= 0.6 is 0 Å². The Morgan fingerprint density at radius 2 is 1.77 bits per heavy atom. The van der Waals surface area contributed by atoms with Crippen LogP contribution in [0.5, 0.6) is 0 Å². The van der Waals surface area contributed by atoms with Crippen molar-refractivity contribution in [3.63, 3.8) is 0 Å². The first-order valence-electron chi connectivity index (χ1n) is 9.90. The minimum atomic E-state index is -1.45. The van der Waals surface area contributed by atoms with Gasteiger partial charge in [-0.1, -0.05) is 18.2 Å². The number of anilines is 2. The van der Waals surface area contributed by atoms with E-state index in [2.05, 4.69) is 15.1 Å². The van der Waals surface area contributed by atoms with Crippen LogP contribution in [0.1, 0.15) is 5.56 Å². The summed E-state index contributed by atoms with van der Waals surface area (Å²) in [6.07, 6.45) is 0.202. The number of fused-ring (bicyclic) bond motifs is 4. The van der Waals surface area contributed by atoms with E-state index in [4.69, 9.17) is 0 Å². The van der Waals surface area contributed by atoms with Gasteiger partial charge in [0, 0.05) is 25.3 Å². The molecule has 4 amide bonds. The van der Waals surface area contributed by atoms with Crippen molar-refractivity contribution in [2.75, 3.05) is 36.5 Å². The highest BCUT2D eigenvalue weighted by Crippen LogP contribution is 2.46. The fourth-order valence-corrected chi connectivity index (χ4v) is 4.92.